The van der Waals surface area contributed by atoms with E-state index >= 15 is 0 Å². The summed E-state index contributed by atoms with van der Waals surface area (Å²) in [6, 6.07) is 14.0. The zero-order valence-corrected chi connectivity index (χ0v) is 15.1. The minimum atomic E-state index is 0.674. The van der Waals surface area contributed by atoms with E-state index in [1.54, 1.807) is 0 Å². The first-order valence-electron chi connectivity index (χ1n) is 8.85. The van der Waals surface area contributed by atoms with Crippen LogP contribution < -0.4 is 10.1 Å². The number of nitrogens with one attached hydrogen (secondary N) is 1. The summed E-state index contributed by atoms with van der Waals surface area (Å²) in [5.41, 5.74) is 5.73. The Morgan fingerprint density at radius 3 is 2.68 bits per heavy atom. The highest BCUT2D eigenvalue weighted by atomic mass is 35.5. The van der Waals surface area contributed by atoms with Crippen LogP contribution in [-0.2, 0) is 12.8 Å². The van der Waals surface area contributed by atoms with Crippen molar-refractivity contribution in [3.05, 3.63) is 58.7 Å². The SMILES string of the molecule is CCOc1ccc(Nc2c3c(nc4ccc(Cl)cc24)CCCC3)cc1. The number of benzene rings is 2. The van der Waals surface area contributed by atoms with Gasteiger partial charge in [-0.1, -0.05) is 11.6 Å². The first-order valence-corrected chi connectivity index (χ1v) is 9.23. The van der Waals surface area contributed by atoms with E-state index in [-0.39, 0.29) is 0 Å². The number of anilines is 2. The van der Waals surface area contributed by atoms with Crippen LogP contribution in [0.25, 0.3) is 10.9 Å². The van der Waals surface area contributed by atoms with Crippen molar-refractivity contribution in [3.8, 4) is 5.75 Å². The molecule has 4 heteroatoms. The third kappa shape index (κ3) is 3.29. The van der Waals surface area contributed by atoms with Gasteiger partial charge in [0.1, 0.15) is 5.75 Å². The van der Waals surface area contributed by atoms with Crippen molar-refractivity contribution in [2.24, 2.45) is 0 Å². The molecular weight excluding hydrogens is 332 g/mol. The van der Waals surface area contributed by atoms with Crippen LogP contribution in [0.2, 0.25) is 5.02 Å². The third-order valence-electron chi connectivity index (χ3n) is 4.66. The summed E-state index contributed by atoms with van der Waals surface area (Å²) in [4.78, 5) is 4.88. The van der Waals surface area contributed by atoms with E-state index in [2.05, 4.69) is 17.4 Å². The molecule has 3 nitrogen and oxygen atoms in total. The summed E-state index contributed by atoms with van der Waals surface area (Å²) < 4.78 is 5.53. The number of hydrogen-bond donors (Lipinski definition) is 1. The molecule has 0 aliphatic heterocycles. The van der Waals surface area contributed by atoms with Crippen LogP contribution in [0.5, 0.6) is 5.75 Å². The van der Waals surface area contributed by atoms with Crippen LogP contribution in [0.1, 0.15) is 31.0 Å². The highest BCUT2D eigenvalue weighted by Gasteiger charge is 2.18. The number of ether oxygens (including phenoxy) is 1. The highest BCUT2D eigenvalue weighted by Crippen LogP contribution is 2.36. The van der Waals surface area contributed by atoms with E-state index in [9.17, 15) is 0 Å². The van der Waals surface area contributed by atoms with Crippen LogP contribution >= 0.6 is 11.6 Å². The minimum Gasteiger partial charge on any atom is -0.494 e. The van der Waals surface area contributed by atoms with Crippen LogP contribution in [0.4, 0.5) is 11.4 Å². The minimum absolute atomic E-state index is 0.674. The monoisotopic (exact) mass is 352 g/mol. The molecule has 1 aromatic heterocycles. The standard InChI is InChI=1S/C21H21ClN2O/c1-2-25-16-10-8-15(9-11-16)23-21-17-5-3-4-6-19(17)24-20-12-7-14(22)13-18(20)21/h7-13H,2-6H2,1H3,(H,23,24). The van der Waals surface area contributed by atoms with Crippen molar-refractivity contribution < 1.29 is 4.74 Å². The maximum absolute atomic E-state index is 6.26. The van der Waals surface area contributed by atoms with Gasteiger partial charge in [0.2, 0.25) is 0 Å². The van der Waals surface area contributed by atoms with E-state index in [1.807, 2.05) is 37.3 Å². The molecule has 1 N–H and O–H groups in total. The lowest BCUT2D eigenvalue weighted by atomic mass is 9.92. The summed E-state index contributed by atoms with van der Waals surface area (Å²) in [7, 11) is 0. The topological polar surface area (TPSA) is 34.1 Å². The van der Waals surface area contributed by atoms with Gasteiger partial charge in [-0.3, -0.25) is 4.98 Å². The molecule has 3 aromatic rings. The summed E-state index contributed by atoms with van der Waals surface area (Å²) in [5, 5.41) is 5.44. The number of halogens is 1. The Kier molecular flexibility index (Phi) is 4.50. The lowest BCUT2D eigenvalue weighted by Gasteiger charge is -2.22. The Hall–Kier alpha value is -2.26. The van der Waals surface area contributed by atoms with Gasteiger partial charge < -0.3 is 10.1 Å². The molecule has 0 bridgehead atoms. The summed E-state index contributed by atoms with van der Waals surface area (Å²) in [6.45, 7) is 2.67. The van der Waals surface area contributed by atoms with E-state index in [0.29, 0.717) is 6.61 Å². The van der Waals surface area contributed by atoms with Gasteiger partial charge in [-0.05, 0) is 80.6 Å². The second-order valence-corrected chi connectivity index (χ2v) is 6.80. The summed E-state index contributed by atoms with van der Waals surface area (Å²) in [5.74, 6) is 0.887. The third-order valence-corrected chi connectivity index (χ3v) is 4.89. The van der Waals surface area contributed by atoms with Crippen LogP contribution in [0.15, 0.2) is 42.5 Å². The predicted molar refractivity (Wildman–Crippen MR) is 104 cm³/mol. The highest BCUT2D eigenvalue weighted by molar-refractivity contribution is 6.31. The van der Waals surface area contributed by atoms with E-state index < -0.39 is 0 Å². The number of nitrogens with zero attached hydrogens (tertiary/aromatic N) is 1. The average Bonchev–Trinajstić information content (AvgIpc) is 2.64. The second kappa shape index (κ2) is 6.93. The Labute approximate surface area is 153 Å². The van der Waals surface area contributed by atoms with E-state index in [1.165, 1.54) is 24.1 Å². The fourth-order valence-electron chi connectivity index (χ4n) is 3.48. The molecule has 0 saturated carbocycles. The maximum Gasteiger partial charge on any atom is 0.119 e. The molecule has 0 amide bonds. The number of pyridine rings is 1. The zero-order chi connectivity index (χ0) is 17.2. The Morgan fingerprint density at radius 1 is 1.08 bits per heavy atom. The van der Waals surface area contributed by atoms with Crippen LogP contribution in [-0.4, -0.2) is 11.6 Å². The van der Waals surface area contributed by atoms with Gasteiger partial charge in [0.15, 0.2) is 0 Å². The van der Waals surface area contributed by atoms with Crippen molar-refractivity contribution in [2.45, 2.75) is 32.6 Å². The van der Waals surface area contributed by atoms with E-state index in [0.717, 1.165) is 45.9 Å². The van der Waals surface area contributed by atoms with Gasteiger partial charge in [-0.25, -0.2) is 0 Å². The van der Waals surface area contributed by atoms with Crippen molar-refractivity contribution in [1.82, 2.24) is 4.98 Å². The molecule has 4 rings (SSSR count). The molecule has 2 aromatic carbocycles. The molecule has 25 heavy (non-hydrogen) atoms. The van der Waals surface area contributed by atoms with Gasteiger partial charge in [-0.15, -0.1) is 0 Å². The Balaban J connectivity index is 1.80. The second-order valence-electron chi connectivity index (χ2n) is 6.36. The van der Waals surface area contributed by atoms with Crippen molar-refractivity contribution >= 4 is 33.9 Å². The van der Waals surface area contributed by atoms with Gasteiger partial charge in [0.05, 0.1) is 17.8 Å². The molecule has 0 saturated heterocycles. The van der Waals surface area contributed by atoms with Gasteiger partial charge in [0, 0.05) is 21.8 Å². The lowest BCUT2D eigenvalue weighted by molar-refractivity contribution is 0.340. The number of hydrogen-bond acceptors (Lipinski definition) is 3. The summed E-state index contributed by atoms with van der Waals surface area (Å²) in [6.07, 6.45) is 4.52. The normalized spacial score (nSPS) is 13.5. The zero-order valence-electron chi connectivity index (χ0n) is 14.3. The molecule has 1 aliphatic carbocycles. The van der Waals surface area contributed by atoms with Crippen molar-refractivity contribution in [2.75, 3.05) is 11.9 Å². The van der Waals surface area contributed by atoms with Gasteiger partial charge in [-0.2, -0.15) is 0 Å². The molecule has 0 radical (unpaired) electrons. The van der Waals surface area contributed by atoms with Crippen LogP contribution in [0, 0.1) is 0 Å². The first-order chi connectivity index (χ1) is 12.2. The number of rotatable bonds is 4. The quantitative estimate of drug-likeness (QED) is 0.633. The molecule has 0 fully saturated rings. The summed E-state index contributed by atoms with van der Waals surface area (Å²) >= 11 is 6.26. The fourth-order valence-corrected chi connectivity index (χ4v) is 3.66. The lowest BCUT2D eigenvalue weighted by Crippen LogP contribution is -2.09. The van der Waals surface area contributed by atoms with Gasteiger partial charge in [0.25, 0.3) is 0 Å². The van der Waals surface area contributed by atoms with E-state index in [4.69, 9.17) is 21.3 Å². The average molecular weight is 353 g/mol. The molecule has 1 aliphatic rings. The van der Waals surface area contributed by atoms with Crippen molar-refractivity contribution in [1.29, 1.82) is 0 Å². The first kappa shape index (κ1) is 16.2. The van der Waals surface area contributed by atoms with Crippen LogP contribution in [0.3, 0.4) is 0 Å². The number of fused-ring (bicyclic) bond motifs is 2. The molecular formula is C21H21ClN2O. The van der Waals surface area contributed by atoms with Gasteiger partial charge >= 0.3 is 0 Å². The number of aromatic nitrogens is 1. The molecule has 1 heterocycles. The molecule has 0 unspecified atom stereocenters. The maximum atomic E-state index is 6.26. The largest absolute Gasteiger partial charge is 0.494 e. The smallest absolute Gasteiger partial charge is 0.119 e. The number of aryl methyl sites for hydroxylation is 1. The Morgan fingerprint density at radius 2 is 1.88 bits per heavy atom. The molecule has 0 atom stereocenters. The predicted octanol–water partition coefficient (Wildman–Crippen LogP) is 5.91. The molecule has 0 spiro atoms. The molecule has 128 valence electrons. The fraction of sp³-hybridized carbons (Fsp3) is 0.286. The Bertz CT molecular complexity index is 906. The van der Waals surface area contributed by atoms with Crippen molar-refractivity contribution in [3.63, 3.8) is 0 Å².